The van der Waals surface area contributed by atoms with E-state index in [1.54, 1.807) is 6.07 Å². The first-order chi connectivity index (χ1) is 8.56. The van der Waals surface area contributed by atoms with Crippen molar-refractivity contribution in [3.63, 3.8) is 0 Å². The number of rotatable bonds is 3. The molecule has 0 fully saturated rings. The molecule has 0 atom stereocenters. The Balaban J connectivity index is 2.05. The summed E-state index contributed by atoms with van der Waals surface area (Å²) in [6, 6.07) is 7.45. The van der Waals surface area contributed by atoms with Gasteiger partial charge in [0.05, 0.1) is 12.1 Å². The molecule has 0 spiro atoms. The number of aryl methyl sites for hydroxylation is 2. The number of hydrogen-bond donors (Lipinski definition) is 1. The van der Waals surface area contributed by atoms with E-state index < -0.39 is 0 Å². The van der Waals surface area contributed by atoms with Crippen LogP contribution in [0.15, 0.2) is 33.3 Å². The second kappa shape index (κ2) is 5.35. The molecule has 5 heteroatoms. The molecule has 1 heterocycles. The van der Waals surface area contributed by atoms with Crippen molar-refractivity contribution in [2.45, 2.75) is 20.4 Å². The summed E-state index contributed by atoms with van der Waals surface area (Å²) in [5.41, 5.74) is 2.38. The first-order valence-electron chi connectivity index (χ1n) is 5.53. The quantitative estimate of drug-likeness (QED) is 0.948. The molecule has 0 unspecified atom stereocenters. The first kappa shape index (κ1) is 12.8. The van der Waals surface area contributed by atoms with E-state index in [9.17, 15) is 4.79 Å². The zero-order valence-corrected chi connectivity index (χ0v) is 11.7. The average molecular weight is 309 g/mol. The number of nitrogens with zero attached hydrogens (tertiary/aromatic N) is 1. The fourth-order valence-corrected chi connectivity index (χ4v) is 2.01. The molecule has 0 aliphatic heterocycles. The van der Waals surface area contributed by atoms with Gasteiger partial charge in [-0.05, 0) is 41.9 Å². The van der Waals surface area contributed by atoms with Crippen molar-refractivity contribution in [1.82, 2.24) is 10.5 Å². The topological polar surface area (TPSA) is 55.1 Å². The molecule has 94 valence electrons. The second-order valence-electron chi connectivity index (χ2n) is 4.09. The first-order valence-corrected chi connectivity index (χ1v) is 6.32. The van der Waals surface area contributed by atoms with E-state index in [2.05, 4.69) is 26.4 Å². The van der Waals surface area contributed by atoms with Gasteiger partial charge in [0, 0.05) is 10.5 Å². The van der Waals surface area contributed by atoms with Gasteiger partial charge >= 0.3 is 0 Å². The van der Waals surface area contributed by atoms with Crippen LogP contribution in [0.25, 0.3) is 0 Å². The standard InChI is InChI=1S/C13H13BrN2O2/c1-8-3-4-12(14)11(5-8)13(17)15-7-10-6-9(2)18-16-10/h3-6H,7H2,1-2H3,(H,15,17). The number of carbonyl (C=O) groups excluding carboxylic acids is 1. The number of carbonyl (C=O) groups is 1. The van der Waals surface area contributed by atoms with Crippen LogP contribution in [0.1, 0.15) is 27.4 Å². The summed E-state index contributed by atoms with van der Waals surface area (Å²) >= 11 is 3.37. The summed E-state index contributed by atoms with van der Waals surface area (Å²) in [5, 5.41) is 6.63. The molecule has 0 aliphatic rings. The van der Waals surface area contributed by atoms with E-state index in [0.717, 1.165) is 15.8 Å². The van der Waals surface area contributed by atoms with E-state index in [1.165, 1.54) is 0 Å². The highest BCUT2D eigenvalue weighted by Crippen LogP contribution is 2.18. The van der Waals surface area contributed by atoms with Crippen LogP contribution in [0, 0.1) is 13.8 Å². The molecule has 0 saturated carbocycles. The Hall–Kier alpha value is -1.62. The monoisotopic (exact) mass is 308 g/mol. The van der Waals surface area contributed by atoms with Gasteiger partial charge < -0.3 is 9.84 Å². The molecule has 1 aromatic heterocycles. The molecule has 1 aromatic carbocycles. The largest absolute Gasteiger partial charge is 0.361 e. The van der Waals surface area contributed by atoms with Crippen LogP contribution in [0.3, 0.4) is 0 Å². The fraction of sp³-hybridized carbons (Fsp3) is 0.231. The fourth-order valence-electron chi connectivity index (χ4n) is 1.58. The Morgan fingerprint density at radius 3 is 2.83 bits per heavy atom. The van der Waals surface area contributed by atoms with Crippen molar-refractivity contribution < 1.29 is 9.32 Å². The van der Waals surface area contributed by atoms with Crippen LogP contribution >= 0.6 is 15.9 Å². The van der Waals surface area contributed by atoms with E-state index in [1.807, 2.05) is 32.0 Å². The summed E-state index contributed by atoms with van der Waals surface area (Å²) in [6.45, 7) is 4.12. The molecule has 0 bridgehead atoms. The molecule has 2 rings (SSSR count). The summed E-state index contributed by atoms with van der Waals surface area (Å²) in [6.07, 6.45) is 0. The van der Waals surface area contributed by atoms with Gasteiger partial charge in [0.15, 0.2) is 0 Å². The molecule has 4 nitrogen and oxygen atoms in total. The predicted octanol–water partition coefficient (Wildman–Crippen LogP) is 2.98. The minimum absolute atomic E-state index is 0.133. The third kappa shape index (κ3) is 2.98. The van der Waals surface area contributed by atoms with E-state index >= 15 is 0 Å². The molecule has 0 aliphatic carbocycles. The van der Waals surface area contributed by atoms with Gasteiger partial charge in [-0.25, -0.2) is 0 Å². The maximum Gasteiger partial charge on any atom is 0.252 e. The zero-order chi connectivity index (χ0) is 13.1. The van der Waals surface area contributed by atoms with Crippen LogP contribution in [-0.2, 0) is 6.54 Å². The third-order valence-electron chi connectivity index (χ3n) is 2.47. The SMILES string of the molecule is Cc1ccc(Br)c(C(=O)NCc2cc(C)on2)c1. The number of amides is 1. The summed E-state index contributed by atoms with van der Waals surface area (Å²) in [7, 11) is 0. The predicted molar refractivity (Wildman–Crippen MR) is 71.3 cm³/mol. The van der Waals surface area contributed by atoms with Gasteiger partial charge in [-0.3, -0.25) is 4.79 Å². The number of nitrogens with one attached hydrogen (secondary N) is 1. The number of halogens is 1. The Bertz CT molecular complexity index is 578. The Kier molecular flexibility index (Phi) is 3.81. The Morgan fingerprint density at radius 1 is 1.39 bits per heavy atom. The van der Waals surface area contributed by atoms with Crippen molar-refractivity contribution in [2.24, 2.45) is 0 Å². The smallest absolute Gasteiger partial charge is 0.252 e. The minimum Gasteiger partial charge on any atom is -0.361 e. The van der Waals surface area contributed by atoms with Gasteiger partial charge in [0.1, 0.15) is 11.5 Å². The number of hydrogen-bond acceptors (Lipinski definition) is 3. The molecule has 2 aromatic rings. The van der Waals surface area contributed by atoms with Gasteiger partial charge in [-0.2, -0.15) is 0 Å². The molecule has 1 N–H and O–H groups in total. The maximum absolute atomic E-state index is 12.0. The summed E-state index contributed by atoms with van der Waals surface area (Å²) < 4.78 is 5.71. The third-order valence-corrected chi connectivity index (χ3v) is 3.16. The van der Waals surface area contributed by atoms with Gasteiger partial charge in [-0.15, -0.1) is 0 Å². The molecule has 0 saturated heterocycles. The van der Waals surface area contributed by atoms with Gasteiger partial charge in [-0.1, -0.05) is 16.8 Å². The lowest BCUT2D eigenvalue weighted by molar-refractivity contribution is 0.0949. The maximum atomic E-state index is 12.0. The lowest BCUT2D eigenvalue weighted by atomic mass is 10.1. The summed E-state index contributed by atoms with van der Waals surface area (Å²) in [4.78, 5) is 12.0. The highest BCUT2D eigenvalue weighted by atomic mass is 79.9. The zero-order valence-electron chi connectivity index (χ0n) is 10.2. The molecule has 1 amide bonds. The molecular formula is C13H13BrN2O2. The number of aromatic nitrogens is 1. The van der Waals surface area contributed by atoms with Crippen molar-refractivity contribution in [3.05, 3.63) is 51.3 Å². The van der Waals surface area contributed by atoms with Crippen LogP contribution in [-0.4, -0.2) is 11.1 Å². The van der Waals surface area contributed by atoms with Crippen molar-refractivity contribution in [1.29, 1.82) is 0 Å². The van der Waals surface area contributed by atoms with Crippen LogP contribution < -0.4 is 5.32 Å². The average Bonchev–Trinajstić information content (AvgIpc) is 2.75. The van der Waals surface area contributed by atoms with E-state index in [4.69, 9.17) is 4.52 Å². The van der Waals surface area contributed by atoms with E-state index in [0.29, 0.717) is 17.8 Å². The lowest BCUT2D eigenvalue weighted by Crippen LogP contribution is -2.23. The Morgan fingerprint density at radius 2 is 2.17 bits per heavy atom. The summed E-state index contributed by atoms with van der Waals surface area (Å²) in [5.74, 6) is 0.599. The van der Waals surface area contributed by atoms with Crippen molar-refractivity contribution in [3.8, 4) is 0 Å². The van der Waals surface area contributed by atoms with Crippen molar-refractivity contribution >= 4 is 21.8 Å². The Labute approximate surface area is 113 Å². The van der Waals surface area contributed by atoms with Crippen molar-refractivity contribution in [2.75, 3.05) is 0 Å². The second-order valence-corrected chi connectivity index (χ2v) is 4.95. The number of benzene rings is 1. The van der Waals surface area contributed by atoms with Crippen LogP contribution in [0.5, 0.6) is 0 Å². The van der Waals surface area contributed by atoms with Gasteiger partial charge in [0.25, 0.3) is 5.91 Å². The minimum atomic E-state index is -0.133. The highest BCUT2D eigenvalue weighted by Gasteiger charge is 2.10. The van der Waals surface area contributed by atoms with Crippen LogP contribution in [0.2, 0.25) is 0 Å². The van der Waals surface area contributed by atoms with Crippen LogP contribution in [0.4, 0.5) is 0 Å². The molecule has 18 heavy (non-hydrogen) atoms. The molecule has 0 radical (unpaired) electrons. The molecular weight excluding hydrogens is 296 g/mol. The van der Waals surface area contributed by atoms with Gasteiger partial charge in [0.2, 0.25) is 0 Å². The lowest BCUT2D eigenvalue weighted by Gasteiger charge is -2.06. The normalized spacial score (nSPS) is 10.4. The van der Waals surface area contributed by atoms with E-state index in [-0.39, 0.29) is 5.91 Å². The highest BCUT2D eigenvalue weighted by molar-refractivity contribution is 9.10.